The van der Waals surface area contributed by atoms with E-state index in [0.717, 1.165) is 5.56 Å². The van der Waals surface area contributed by atoms with Crippen molar-refractivity contribution >= 4 is 5.97 Å². The van der Waals surface area contributed by atoms with Gasteiger partial charge < -0.3 is 15.6 Å². The first kappa shape index (κ1) is 8.07. The minimum absolute atomic E-state index is 0.0700. The number of ether oxygens (including phenoxy) is 1. The molecule has 0 radical (unpaired) electrons. The number of phenolic OH excluding ortho intramolecular Hbond substituents is 1. The molecule has 0 saturated carbocycles. The second-order valence-electron chi connectivity index (χ2n) is 3.01. The van der Waals surface area contributed by atoms with Gasteiger partial charge in [0.05, 0.1) is 6.42 Å². The molecule has 1 aliphatic heterocycles. The van der Waals surface area contributed by atoms with Crippen LogP contribution < -0.4 is 10.5 Å². The zero-order chi connectivity index (χ0) is 9.42. The lowest BCUT2D eigenvalue weighted by molar-refractivity contribution is -0.135. The van der Waals surface area contributed by atoms with Crippen molar-refractivity contribution in [2.45, 2.75) is 12.5 Å². The fourth-order valence-corrected chi connectivity index (χ4v) is 1.37. The average Bonchev–Trinajstić information content (AvgIpc) is 2.02. The molecular formula is C9H9NO3. The Balaban J connectivity index is 2.49. The predicted molar refractivity (Wildman–Crippen MR) is 45.3 cm³/mol. The Bertz CT molecular complexity index is 362. The molecule has 13 heavy (non-hydrogen) atoms. The third kappa shape index (κ3) is 1.36. The second kappa shape index (κ2) is 2.74. The highest BCUT2D eigenvalue weighted by Gasteiger charge is 2.24. The van der Waals surface area contributed by atoms with Gasteiger partial charge in [-0.05, 0) is 6.07 Å². The number of nitrogens with two attached hydrogens (primary N) is 1. The van der Waals surface area contributed by atoms with Gasteiger partial charge in [-0.3, -0.25) is 4.79 Å². The van der Waals surface area contributed by atoms with Gasteiger partial charge >= 0.3 is 5.97 Å². The number of carbonyl (C=O) groups is 1. The van der Waals surface area contributed by atoms with Crippen molar-refractivity contribution in [2.24, 2.45) is 5.73 Å². The predicted octanol–water partition coefficient (Wildman–Crippen LogP) is 0.701. The van der Waals surface area contributed by atoms with Crippen molar-refractivity contribution in [2.75, 3.05) is 0 Å². The van der Waals surface area contributed by atoms with E-state index in [-0.39, 0.29) is 24.2 Å². The maximum Gasteiger partial charge on any atom is 0.313 e. The summed E-state index contributed by atoms with van der Waals surface area (Å²) in [6, 6.07) is 4.27. The molecule has 2 rings (SSSR count). The van der Waals surface area contributed by atoms with E-state index in [9.17, 15) is 4.79 Å². The first-order valence-corrected chi connectivity index (χ1v) is 3.96. The van der Waals surface area contributed by atoms with E-state index in [0.29, 0.717) is 5.75 Å². The molecule has 4 nitrogen and oxygen atoms in total. The molecule has 0 aromatic heterocycles. The lowest BCUT2D eigenvalue weighted by Crippen LogP contribution is -2.24. The molecular weight excluding hydrogens is 170 g/mol. The third-order valence-electron chi connectivity index (χ3n) is 2.01. The zero-order valence-corrected chi connectivity index (χ0v) is 6.86. The number of aromatic hydroxyl groups is 1. The van der Waals surface area contributed by atoms with E-state index in [1.807, 2.05) is 0 Å². The van der Waals surface area contributed by atoms with Crippen molar-refractivity contribution in [1.29, 1.82) is 0 Å². The van der Waals surface area contributed by atoms with E-state index >= 15 is 0 Å². The van der Waals surface area contributed by atoms with Crippen LogP contribution in [0.25, 0.3) is 0 Å². The fourth-order valence-electron chi connectivity index (χ4n) is 1.37. The minimum atomic E-state index is -0.356. The topological polar surface area (TPSA) is 72.6 Å². The third-order valence-corrected chi connectivity index (χ3v) is 2.01. The van der Waals surface area contributed by atoms with Crippen molar-refractivity contribution in [1.82, 2.24) is 0 Å². The van der Waals surface area contributed by atoms with Gasteiger partial charge in [0.25, 0.3) is 0 Å². The molecule has 1 aromatic carbocycles. The first-order chi connectivity index (χ1) is 6.16. The molecule has 1 aliphatic rings. The normalized spacial score (nSPS) is 20.7. The van der Waals surface area contributed by atoms with E-state index in [4.69, 9.17) is 15.6 Å². The van der Waals surface area contributed by atoms with Gasteiger partial charge in [0.1, 0.15) is 11.5 Å². The summed E-state index contributed by atoms with van der Waals surface area (Å²) in [6.45, 7) is 0. The molecule has 68 valence electrons. The van der Waals surface area contributed by atoms with Crippen LogP contribution in [0.3, 0.4) is 0 Å². The van der Waals surface area contributed by atoms with Crippen LogP contribution in [0.15, 0.2) is 18.2 Å². The van der Waals surface area contributed by atoms with Crippen molar-refractivity contribution in [3.8, 4) is 11.5 Å². The van der Waals surface area contributed by atoms with E-state index in [1.165, 1.54) is 12.1 Å². The van der Waals surface area contributed by atoms with Gasteiger partial charge in [-0.2, -0.15) is 0 Å². The maximum atomic E-state index is 11.0. The van der Waals surface area contributed by atoms with E-state index in [1.54, 1.807) is 6.07 Å². The summed E-state index contributed by atoms with van der Waals surface area (Å²) in [6.07, 6.45) is 0.192. The molecule has 0 spiro atoms. The lowest BCUT2D eigenvalue weighted by atomic mass is 10.0. The highest BCUT2D eigenvalue weighted by molar-refractivity contribution is 5.76. The summed E-state index contributed by atoms with van der Waals surface area (Å²) in [5, 5.41) is 9.13. The summed E-state index contributed by atoms with van der Waals surface area (Å²) in [5.41, 5.74) is 6.47. The van der Waals surface area contributed by atoms with Crippen LogP contribution in [-0.2, 0) is 4.79 Å². The van der Waals surface area contributed by atoms with Crippen LogP contribution in [0.5, 0.6) is 11.5 Å². The van der Waals surface area contributed by atoms with Gasteiger partial charge in [0, 0.05) is 17.7 Å². The molecule has 1 atom stereocenters. The number of esters is 1. The SMILES string of the molecule is NC1CC(=O)Oc2cc(O)ccc21. The summed E-state index contributed by atoms with van der Waals surface area (Å²) in [7, 11) is 0. The number of phenols is 1. The Labute approximate surface area is 74.9 Å². The fraction of sp³-hybridized carbons (Fsp3) is 0.222. The summed E-state index contributed by atoms with van der Waals surface area (Å²) < 4.78 is 4.90. The number of carbonyl (C=O) groups excluding carboxylic acids is 1. The second-order valence-corrected chi connectivity index (χ2v) is 3.01. The van der Waals surface area contributed by atoms with E-state index in [2.05, 4.69) is 0 Å². The molecule has 0 amide bonds. The highest BCUT2D eigenvalue weighted by atomic mass is 16.5. The Kier molecular flexibility index (Phi) is 1.70. The number of hydrogen-bond donors (Lipinski definition) is 2. The Morgan fingerprint density at radius 1 is 1.54 bits per heavy atom. The quantitative estimate of drug-likeness (QED) is 0.454. The van der Waals surface area contributed by atoms with Crippen LogP contribution in [0.4, 0.5) is 0 Å². The molecule has 1 aromatic rings. The van der Waals surface area contributed by atoms with Crippen LogP contribution in [0.1, 0.15) is 18.0 Å². The number of hydrogen-bond acceptors (Lipinski definition) is 4. The Morgan fingerprint density at radius 2 is 2.31 bits per heavy atom. The van der Waals surface area contributed by atoms with Crippen LogP contribution in [-0.4, -0.2) is 11.1 Å². The molecule has 0 saturated heterocycles. The summed E-state index contributed by atoms with van der Waals surface area (Å²) in [5.74, 6) is 0.0787. The molecule has 0 aliphatic carbocycles. The van der Waals surface area contributed by atoms with Crippen LogP contribution in [0.2, 0.25) is 0 Å². The average molecular weight is 179 g/mol. The van der Waals surface area contributed by atoms with Crippen LogP contribution in [0, 0.1) is 0 Å². The molecule has 1 heterocycles. The molecule has 4 heteroatoms. The molecule has 0 bridgehead atoms. The summed E-state index contributed by atoms with van der Waals surface area (Å²) >= 11 is 0. The standard InChI is InChI=1S/C9H9NO3/c10-7-4-9(12)13-8-3-5(11)1-2-6(7)8/h1-3,7,11H,4,10H2. The van der Waals surface area contributed by atoms with Gasteiger partial charge in [-0.15, -0.1) is 0 Å². The zero-order valence-electron chi connectivity index (χ0n) is 6.86. The number of rotatable bonds is 0. The Morgan fingerprint density at radius 3 is 3.08 bits per heavy atom. The van der Waals surface area contributed by atoms with E-state index < -0.39 is 0 Å². The summed E-state index contributed by atoms with van der Waals surface area (Å²) in [4.78, 5) is 11.0. The lowest BCUT2D eigenvalue weighted by Gasteiger charge is -2.20. The number of benzene rings is 1. The smallest absolute Gasteiger partial charge is 0.313 e. The first-order valence-electron chi connectivity index (χ1n) is 3.96. The molecule has 1 unspecified atom stereocenters. The van der Waals surface area contributed by atoms with Gasteiger partial charge in [-0.25, -0.2) is 0 Å². The number of fused-ring (bicyclic) bond motifs is 1. The molecule has 3 N–H and O–H groups in total. The molecule has 0 fully saturated rings. The Hall–Kier alpha value is -1.55. The van der Waals surface area contributed by atoms with Crippen LogP contribution >= 0.6 is 0 Å². The highest BCUT2D eigenvalue weighted by Crippen LogP contribution is 2.33. The monoisotopic (exact) mass is 179 g/mol. The van der Waals surface area contributed by atoms with Gasteiger partial charge in [0.15, 0.2) is 0 Å². The van der Waals surface area contributed by atoms with Crippen molar-refractivity contribution < 1.29 is 14.6 Å². The maximum absolute atomic E-state index is 11.0. The van der Waals surface area contributed by atoms with Gasteiger partial charge in [-0.1, -0.05) is 6.07 Å². The van der Waals surface area contributed by atoms with Crippen molar-refractivity contribution in [3.63, 3.8) is 0 Å². The van der Waals surface area contributed by atoms with Gasteiger partial charge in [0.2, 0.25) is 0 Å². The van der Waals surface area contributed by atoms with Crippen molar-refractivity contribution in [3.05, 3.63) is 23.8 Å². The largest absolute Gasteiger partial charge is 0.508 e. The minimum Gasteiger partial charge on any atom is -0.508 e.